The smallest absolute Gasteiger partial charge is 0.413 e. The summed E-state index contributed by atoms with van der Waals surface area (Å²) in [6.45, 7) is 2.52. The second-order valence-electron chi connectivity index (χ2n) is 5.63. The van der Waals surface area contributed by atoms with Crippen molar-refractivity contribution >= 4 is 5.97 Å². The Hall–Kier alpha value is -1.98. The van der Waals surface area contributed by atoms with Crippen molar-refractivity contribution in [2.45, 2.75) is 54.7 Å². The number of carbonyl (C=O) groups is 1. The Labute approximate surface area is 158 Å². The molecule has 0 aromatic carbocycles. The summed E-state index contributed by atoms with van der Waals surface area (Å²) in [5.41, 5.74) is -1.59. The molecule has 0 amide bonds. The van der Waals surface area contributed by atoms with Gasteiger partial charge in [0.1, 0.15) is 0 Å². The number of rotatable bonds is 7. The molecule has 0 saturated heterocycles. The SMILES string of the molecule is C=C(C)C(=O)OC(F)(C(F)(F)C(F)(F)F)C(F)(F)C(F)(F)C(F)(F)C(F)(F)C(F)(F)F. The van der Waals surface area contributed by atoms with Crippen LogP contribution in [0.3, 0.4) is 0 Å². The van der Waals surface area contributed by atoms with Crippen molar-refractivity contribution in [3.8, 4) is 0 Å². The number of esters is 1. The van der Waals surface area contributed by atoms with Crippen LogP contribution in [0.25, 0.3) is 0 Å². The first kappa shape index (κ1) is 29.0. The van der Waals surface area contributed by atoms with E-state index in [1.165, 1.54) is 0 Å². The van der Waals surface area contributed by atoms with Gasteiger partial charge >= 0.3 is 53.8 Å². The summed E-state index contributed by atoms with van der Waals surface area (Å²) >= 11 is 0. The van der Waals surface area contributed by atoms with E-state index in [1.807, 2.05) is 0 Å². The molecule has 19 heteroatoms. The molecule has 0 N–H and O–H groups in total. The Balaban J connectivity index is 7.19. The van der Waals surface area contributed by atoms with Gasteiger partial charge in [-0.3, -0.25) is 0 Å². The molecule has 0 rings (SSSR count). The molecular formula is C12H5F17O2. The van der Waals surface area contributed by atoms with Gasteiger partial charge in [0.2, 0.25) is 0 Å². The molecule has 1 unspecified atom stereocenters. The number of hydrogen-bond acceptors (Lipinski definition) is 2. The predicted octanol–water partition coefficient (Wildman–Crippen LogP) is 6.07. The molecule has 0 saturated carbocycles. The summed E-state index contributed by atoms with van der Waals surface area (Å²) in [4.78, 5) is 11.0. The summed E-state index contributed by atoms with van der Waals surface area (Å²) in [7, 11) is 0. The number of alkyl halides is 17. The summed E-state index contributed by atoms with van der Waals surface area (Å²) in [5, 5.41) is 0. The Kier molecular flexibility index (Phi) is 6.81. The van der Waals surface area contributed by atoms with E-state index in [9.17, 15) is 79.4 Å². The first-order valence-corrected chi connectivity index (χ1v) is 6.68. The zero-order chi connectivity index (χ0) is 25.9. The van der Waals surface area contributed by atoms with Crippen LogP contribution in [0.5, 0.6) is 0 Å². The van der Waals surface area contributed by atoms with Crippen molar-refractivity contribution in [3.63, 3.8) is 0 Å². The van der Waals surface area contributed by atoms with E-state index in [0.29, 0.717) is 0 Å². The highest BCUT2D eigenvalue weighted by Crippen LogP contribution is 2.64. The lowest BCUT2D eigenvalue weighted by molar-refractivity contribution is -0.479. The zero-order valence-corrected chi connectivity index (χ0v) is 13.9. The van der Waals surface area contributed by atoms with Crippen LogP contribution in [0.1, 0.15) is 6.92 Å². The van der Waals surface area contributed by atoms with E-state index in [4.69, 9.17) is 0 Å². The monoisotopic (exact) mass is 504 g/mol. The number of hydrogen-bond donors (Lipinski definition) is 0. The van der Waals surface area contributed by atoms with E-state index in [0.717, 1.165) is 0 Å². The van der Waals surface area contributed by atoms with E-state index in [-0.39, 0.29) is 6.92 Å². The maximum absolute atomic E-state index is 14.1. The Morgan fingerprint density at radius 3 is 1.10 bits per heavy atom. The molecule has 0 aliphatic heterocycles. The minimum atomic E-state index is -8.68. The van der Waals surface area contributed by atoms with Crippen LogP contribution in [0.15, 0.2) is 12.2 Å². The second kappa shape index (κ2) is 7.28. The number of halogens is 17. The number of ether oxygens (including phenoxy) is 1. The molecule has 31 heavy (non-hydrogen) atoms. The lowest BCUT2D eigenvalue weighted by Crippen LogP contribution is -2.76. The fourth-order valence-corrected chi connectivity index (χ4v) is 1.50. The normalized spacial score (nSPS) is 17.2. The van der Waals surface area contributed by atoms with E-state index < -0.39 is 59.4 Å². The average molecular weight is 504 g/mol. The van der Waals surface area contributed by atoms with Gasteiger partial charge in [-0.25, -0.2) is 4.79 Å². The Bertz CT molecular complexity index is 716. The van der Waals surface area contributed by atoms with E-state index >= 15 is 0 Å². The van der Waals surface area contributed by atoms with Gasteiger partial charge in [0.25, 0.3) is 0 Å². The predicted molar refractivity (Wildman–Crippen MR) is 61.6 cm³/mol. The van der Waals surface area contributed by atoms with Crippen LogP contribution in [-0.2, 0) is 9.53 Å². The van der Waals surface area contributed by atoms with Crippen LogP contribution in [0.2, 0.25) is 0 Å². The van der Waals surface area contributed by atoms with Crippen molar-refractivity contribution in [1.29, 1.82) is 0 Å². The van der Waals surface area contributed by atoms with Gasteiger partial charge in [-0.15, -0.1) is 0 Å². The molecule has 0 aromatic heterocycles. The minimum Gasteiger partial charge on any atom is -0.413 e. The van der Waals surface area contributed by atoms with Crippen LogP contribution in [0.4, 0.5) is 74.6 Å². The third kappa shape index (κ3) is 3.87. The van der Waals surface area contributed by atoms with Crippen molar-refractivity contribution in [1.82, 2.24) is 0 Å². The highest BCUT2D eigenvalue weighted by atomic mass is 19.4. The topological polar surface area (TPSA) is 26.3 Å². The van der Waals surface area contributed by atoms with Gasteiger partial charge in [0.05, 0.1) is 0 Å². The third-order valence-corrected chi connectivity index (χ3v) is 3.28. The summed E-state index contributed by atoms with van der Waals surface area (Å²) < 4.78 is 222. The maximum Gasteiger partial charge on any atom is 0.461 e. The van der Waals surface area contributed by atoms with Crippen molar-refractivity contribution < 1.29 is 84.2 Å². The van der Waals surface area contributed by atoms with Gasteiger partial charge in [-0.1, -0.05) is 6.58 Å². The van der Waals surface area contributed by atoms with Crippen LogP contribution >= 0.6 is 0 Å². The Morgan fingerprint density at radius 2 is 0.839 bits per heavy atom. The summed E-state index contributed by atoms with van der Waals surface area (Å²) in [5.74, 6) is -53.2. The largest absolute Gasteiger partial charge is 0.461 e. The summed E-state index contributed by atoms with van der Waals surface area (Å²) in [6.07, 6.45) is -15.6. The fourth-order valence-electron chi connectivity index (χ4n) is 1.50. The second-order valence-corrected chi connectivity index (χ2v) is 5.63. The fraction of sp³-hybridized carbons (Fsp3) is 0.750. The third-order valence-electron chi connectivity index (χ3n) is 3.28. The lowest BCUT2D eigenvalue weighted by Gasteiger charge is -2.44. The number of carbonyl (C=O) groups excluding carboxylic acids is 1. The molecule has 0 aliphatic carbocycles. The Morgan fingerprint density at radius 1 is 0.548 bits per heavy atom. The molecule has 0 fully saturated rings. The van der Waals surface area contributed by atoms with Crippen molar-refractivity contribution in [2.75, 3.05) is 0 Å². The highest BCUT2D eigenvalue weighted by Gasteiger charge is 2.96. The molecule has 184 valence electrons. The van der Waals surface area contributed by atoms with Crippen LogP contribution < -0.4 is 0 Å². The minimum absolute atomic E-state index is 0.192. The van der Waals surface area contributed by atoms with Gasteiger partial charge in [-0.2, -0.15) is 74.6 Å². The van der Waals surface area contributed by atoms with Gasteiger partial charge < -0.3 is 4.74 Å². The molecule has 0 radical (unpaired) electrons. The van der Waals surface area contributed by atoms with Crippen molar-refractivity contribution in [2.24, 2.45) is 0 Å². The first-order valence-electron chi connectivity index (χ1n) is 6.68. The van der Waals surface area contributed by atoms with E-state index in [2.05, 4.69) is 11.3 Å². The molecule has 0 aromatic rings. The van der Waals surface area contributed by atoms with Crippen molar-refractivity contribution in [3.05, 3.63) is 12.2 Å². The van der Waals surface area contributed by atoms with Gasteiger partial charge in [-0.05, 0) is 6.92 Å². The lowest BCUT2D eigenvalue weighted by atomic mass is 9.89. The quantitative estimate of drug-likeness (QED) is 0.239. The molecule has 0 spiro atoms. The van der Waals surface area contributed by atoms with Gasteiger partial charge in [0.15, 0.2) is 0 Å². The molecule has 1 atom stereocenters. The molecule has 0 aliphatic rings. The highest BCUT2D eigenvalue weighted by molar-refractivity contribution is 5.87. The van der Waals surface area contributed by atoms with Gasteiger partial charge in [0, 0.05) is 5.57 Å². The molecule has 2 nitrogen and oxygen atoms in total. The van der Waals surface area contributed by atoms with Crippen LogP contribution in [0, 0.1) is 0 Å². The van der Waals surface area contributed by atoms with Crippen LogP contribution in [-0.4, -0.2) is 53.8 Å². The maximum atomic E-state index is 14.1. The first-order chi connectivity index (χ1) is 13.1. The average Bonchev–Trinajstić information content (AvgIpc) is 2.51. The molecule has 0 bridgehead atoms. The molecular weight excluding hydrogens is 499 g/mol. The standard InChI is InChI=1S/C12H5F17O2/c1-3(2)4(30)31-10(23,9(21,22)12(27,28)29)7(17,18)5(13,14)6(15,16)8(19,20)11(24,25)26/h1H2,2H3. The summed E-state index contributed by atoms with van der Waals surface area (Å²) in [6, 6.07) is 0. The van der Waals surface area contributed by atoms with E-state index in [1.54, 1.807) is 0 Å². The zero-order valence-electron chi connectivity index (χ0n) is 13.9. The molecule has 0 heterocycles.